The van der Waals surface area contributed by atoms with Gasteiger partial charge in [-0.25, -0.2) is 0 Å². The first-order valence-electron chi connectivity index (χ1n) is 4.88. The molecule has 0 radical (unpaired) electrons. The summed E-state index contributed by atoms with van der Waals surface area (Å²) in [5.41, 5.74) is 5.60. The Morgan fingerprint density at radius 3 is 2.77 bits per heavy atom. The van der Waals surface area contributed by atoms with E-state index in [0.29, 0.717) is 0 Å². The van der Waals surface area contributed by atoms with Gasteiger partial charge in [0.1, 0.15) is 0 Å². The van der Waals surface area contributed by atoms with E-state index in [4.69, 9.17) is 15.6 Å². The summed E-state index contributed by atoms with van der Waals surface area (Å²) in [6.45, 7) is 1.92. The Morgan fingerprint density at radius 2 is 2.15 bits per heavy atom. The van der Waals surface area contributed by atoms with E-state index in [0.717, 1.165) is 30.6 Å². The third kappa shape index (κ3) is 4.86. The minimum atomic E-state index is -0.0349. The molecule has 0 spiro atoms. The summed E-state index contributed by atoms with van der Waals surface area (Å²) in [5.74, 6) is 1.06. The molecule has 3 N–H and O–H groups in total. The number of hydrogen-bond donors (Lipinski definition) is 2. The van der Waals surface area contributed by atoms with Crippen LogP contribution in [0.1, 0.15) is 19.3 Å². The van der Waals surface area contributed by atoms with E-state index in [1.165, 1.54) is 12.8 Å². The Balaban J connectivity index is 1.98. The summed E-state index contributed by atoms with van der Waals surface area (Å²) < 4.78 is 5.27. The highest BCUT2D eigenvalue weighted by Crippen LogP contribution is 2.22. The smallest absolute Gasteiger partial charge is 0.0582 e. The fourth-order valence-electron chi connectivity index (χ4n) is 1.32. The van der Waals surface area contributed by atoms with Gasteiger partial charge in [0.25, 0.3) is 0 Å². The molecule has 1 rings (SSSR count). The van der Waals surface area contributed by atoms with Crippen LogP contribution < -0.4 is 5.73 Å². The summed E-state index contributed by atoms with van der Waals surface area (Å²) in [4.78, 5) is 0. The number of aliphatic hydroxyl groups is 1. The molecule has 4 heteroatoms. The van der Waals surface area contributed by atoms with Gasteiger partial charge in [0.05, 0.1) is 6.61 Å². The molecule has 0 saturated carbocycles. The molecule has 0 bridgehead atoms. The van der Waals surface area contributed by atoms with Crippen molar-refractivity contribution in [3.8, 4) is 0 Å². The van der Waals surface area contributed by atoms with Crippen LogP contribution >= 0.6 is 11.8 Å². The molecular formula is C9H19NO2S. The highest BCUT2D eigenvalue weighted by molar-refractivity contribution is 7.99. The molecular weight excluding hydrogens is 186 g/mol. The molecule has 1 aliphatic rings. The Kier molecular flexibility index (Phi) is 5.78. The molecule has 1 heterocycles. The first kappa shape index (κ1) is 11.3. The number of rotatable bonds is 5. The normalized spacial score (nSPS) is 21.7. The lowest BCUT2D eigenvalue weighted by Crippen LogP contribution is -2.25. The van der Waals surface area contributed by atoms with Gasteiger partial charge in [-0.05, 0) is 25.0 Å². The minimum Gasteiger partial charge on any atom is -0.395 e. The van der Waals surface area contributed by atoms with Crippen molar-refractivity contribution in [1.82, 2.24) is 0 Å². The molecule has 0 aliphatic carbocycles. The third-order valence-electron chi connectivity index (χ3n) is 2.25. The summed E-state index contributed by atoms with van der Waals surface area (Å²) in [5, 5.41) is 9.47. The molecule has 3 nitrogen and oxygen atoms in total. The molecule has 0 amide bonds. The van der Waals surface area contributed by atoms with Gasteiger partial charge in [0.15, 0.2) is 0 Å². The topological polar surface area (TPSA) is 55.5 Å². The van der Waals surface area contributed by atoms with Gasteiger partial charge in [0.2, 0.25) is 0 Å². The zero-order valence-corrected chi connectivity index (χ0v) is 8.76. The Morgan fingerprint density at radius 1 is 1.46 bits per heavy atom. The molecule has 1 atom stereocenters. The number of aliphatic hydroxyl groups excluding tert-OH is 1. The van der Waals surface area contributed by atoms with Gasteiger partial charge in [-0.1, -0.05) is 0 Å². The van der Waals surface area contributed by atoms with Crippen molar-refractivity contribution >= 4 is 11.8 Å². The molecule has 0 aromatic heterocycles. The SMILES string of the molecule is NC(CO)CCSC1CCOCC1. The molecule has 1 fully saturated rings. The predicted molar refractivity (Wildman–Crippen MR) is 56.0 cm³/mol. The second-order valence-electron chi connectivity index (χ2n) is 3.41. The summed E-state index contributed by atoms with van der Waals surface area (Å²) >= 11 is 1.97. The lowest BCUT2D eigenvalue weighted by molar-refractivity contribution is 0.1000. The first-order valence-corrected chi connectivity index (χ1v) is 5.93. The van der Waals surface area contributed by atoms with Crippen LogP contribution in [0.4, 0.5) is 0 Å². The minimum absolute atomic E-state index is 0.0349. The predicted octanol–water partition coefficient (Wildman–Crippen LogP) is 0.608. The van der Waals surface area contributed by atoms with Crippen molar-refractivity contribution in [2.45, 2.75) is 30.6 Å². The second kappa shape index (κ2) is 6.65. The first-order chi connectivity index (χ1) is 6.33. The molecule has 1 aliphatic heterocycles. The lowest BCUT2D eigenvalue weighted by Gasteiger charge is -2.21. The summed E-state index contributed by atoms with van der Waals surface area (Å²) in [6.07, 6.45) is 3.25. The monoisotopic (exact) mass is 205 g/mol. The number of thioether (sulfide) groups is 1. The summed E-state index contributed by atoms with van der Waals surface area (Å²) in [6, 6.07) is -0.0349. The van der Waals surface area contributed by atoms with E-state index >= 15 is 0 Å². The van der Waals surface area contributed by atoms with E-state index in [-0.39, 0.29) is 12.6 Å². The second-order valence-corrected chi connectivity index (χ2v) is 4.82. The van der Waals surface area contributed by atoms with E-state index in [1.807, 2.05) is 11.8 Å². The van der Waals surface area contributed by atoms with Crippen molar-refractivity contribution in [3.05, 3.63) is 0 Å². The molecule has 13 heavy (non-hydrogen) atoms. The van der Waals surface area contributed by atoms with Crippen LogP contribution in [-0.2, 0) is 4.74 Å². The number of hydrogen-bond acceptors (Lipinski definition) is 4. The average Bonchev–Trinajstić information content (AvgIpc) is 2.19. The van der Waals surface area contributed by atoms with Crippen LogP contribution in [0.2, 0.25) is 0 Å². The van der Waals surface area contributed by atoms with Crippen molar-refractivity contribution in [2.24, 2.45) is 5.73 Å². The van der Waals surface area contributed by atoms with Gasteiger partial charge < -0.3 is 15.6 Å². The van der Waals surface area contributed by atoms with Gasteiger partial charge in [-0.3, -0.25) is 0 Å². The zero-order valence-electron chi connectivity index (χ0n) is 7.95. The fraction of sp³-hybridized carbons (Fsp3) is 1.00. The van der Waals surface area contributed by atoms with Crippen molar-refractivity contribution in [3.63, 3.8) is 0 Å². The van der Waals surface area contributed by atoms with Crippen LogP contribution in [0.25, 0.3) is 0 Å². The largest absolute Gasteiger partial charge is 0.395 e. The Labute approximate surface area is 84.0 Å². The van der Waals surface area contributed by atoms with E-state index in [9.17, 15) is 0 Å². The maximum atomic E-state index is 8.72. The number of nitrogens with two attached hydrogens (primary N) is 1. The van der Waals surface area contributed by atoms with Crippen LogP contribution in [-0.4, -0.2) is 42.0 Å². The van der Waals surface area contributed by atoms with Crippen molar-refractivity contribution < 1.29 is 9.84 Å². The molecule has 0 aromatic carbocycles. The quantitative estimate of drug-likeness (QED) is 0.690. The lowest BCUT2D eigenvalue weighted by atomic mass is 10.2. The van der Waals surface area contributed by atoms with Gasteiger partial charge in [-0.15, -0.1) is 0 Å². The fourth-order valence-corrected chi connectivity index (χ4v) is 2.62. The van der Waals surface area contributed by atoms with E-state index < -0.39 is 0 Å². The van der Waals surface area contributed by atoms with Crippen LogP contribution in [0, 0.1) is 0 Å². The zero-order chi connectivity index (χ0) is 9.52. The Bertz CT molecular complexity index is 129. The van der Waals surface area contributed by atoms with Gasteiger partial charge >= 0.3 is 0 Å². The van der Waals surface area contributed by atoms with Gasteiger partial charge in [-0.2, -0.15) is 11.8 Å². The van der Waals surface area contributed by atoms with Crippen molar-refractivity contribution in [1.29, 1.82) is 0 Å². The van der Waals surface area contributed by atoms with Crippen LogP contribution in [0.15, 0.2) is 0 Å². The standard InChI is InChI=1S/C9H19NO2S/c10-8(7-11)3-6-13-9-1-4-12-5-2-9/h8-9,11H,1-7,10H2. The molecule has 0 aromatic rings. The molecule has 1 unspecified atom stereocenters. The average molecular weight is 205 g/mol. The summed E-state index contributed by atoms with van der Waals surface area (Å²) in [7, 11) is 0. The molecule has 1 saturated heterocycles. The Hall–Kier alpha value is 0.230. The van der Waals surface area contributed by atoms with Crippen LogP contribution in [0.3, 0.4) is 0 Å². The van der Waals surface area contributed by atoms with E-state index in [1.54, 1.807) is 0 Å². The van der Waals surface area contributed by atoms with E-state index in [2.05, 4.69) is 0 Å². The highest BCUT2D eigenvalue weighted by Gasteiger charge is 2.13. The number of ether oxygens (including phenoxy) is 1. The van der Waals surface area contributed by atoms with Gasteiger partial charge in [0, 0.05) is 24.5 Å². The van der Waals surface area contributed by atoms with Crippen molar-refractivity contribution in [2.75, 3.05) is 25.6 Å². The maximum Gasteiger partial charge on any atom is 0.0582 e. The highest BCUT2D eigenvalue weighted by atomic mass is 32.2. The molecule has 78 valence electrons. The maximum absolute atomic E-state index is 8.72. The van der Waals surface area contributed by atoms with Crippen LogP contribution in [0.5, 0.6) is 0 Å². The third-order valence-corrected chi connectivity index (χ3v) is 3.66.